The molecule has 0 aromatic heterocycles. The summed E-state index contributed by atoms with van der Waals surface area (Å²) in [4.78, 5) is 11.9. The molecule has 2 aromatic carbocycles. The molecule has 6 heteroatoms. The summed E-state index contributed by atoms with van der Waals surface area (Å²) in [6, 6.07) is 12.9. The number of nitrogens with one attached hydrogen (secondary N) is 1. The van der Waals surface area contributed by atoms with Crippen LogP contribution in [0.15, 0.2) is 36.4 Å². The number of hydrogen-bond acceptors (Lipinski definition) is 2. The lowest BCUT2D eigenvalue weighted by molar-refractivity contribution is -0.116. The average molecular weight is 396 g/mol. The monoisotopic (exact) mass is 394 g/mol. The molecule has 0 aliphatic heterocycles. The van der Waals surface area contributed by atoms with Gasteiger partial charge in [-0.25, -0.2) is 0 Å². The van der Waals surface area contributed by atoms with Gasteiger partial charge in [-0.05, 0) is 48.2 Å². The highest BCUT2D eigenvalue weighted by Gasteiger charge is 2.19. The van der Waals surface area contributed by atoms with Crippen molar-refractivity contribution in [2.75, 3.05) is 11.2 Å². The van der Waals surface area contributed by atoms with Crippen molar-refractivity contribution in [1.29, 1.82) is 5.26 Å². The molecular weight excluding hydrogens is 379 g/mol. The summed E-state index contributed by atoms with van der Waals surface area (Å²) >= 11 is 17.9. The fraction of sp³-hybridized carbons (Fsp3) is 0.263. The van der Waals surface area contributed by atoms with Crippen LogP contribution >= 0.6 is 34.8 Å². The number of carbonyl (C=O) groups excluding carboxylic acids is 1. The molecule has 0 fully saturated rings. The third-order valence-electron chi connectivity index (χ3n) is 3.80. The van der Waals surface area contributed by atoms with E-state index in [-0.39, 0.29) is 5.91 Å². The Kier molecular flexibility index (Phi) is 7.13. The zero-order chi connectivity index (χ0) is 18.4. The van der Waals surface area contributed by atoms with E-state index in [1.807, 2.05) is 25.1 Å². The normalized spacial score (nSPS) is 11.6. The number of nitrogens with zero attached hydrogens (tertiary/aromatic N) is 1. The van der Waals surface area contributed by atoms with Crippen molar-refractivity contribution in [3.63, 3.8) is 0 Å². The molecule has 0 saturated carbocycles. The molecule has 1 atom stereocenters. The highest BCUT2D eigenvalue weighted by molar-refractivity contribution is 6.32. The predicted octanol–water partition coefficient (Wildman–Crippen LogP) is 5.91. The first-order valence-electron chi connectivity index (χ1n) is 7.77. The maximum atomic E-state index is 11.9. The molecule has 1 amide bonds. The fourth-order valence-corrected chi connectivity index (χ4v) is 3.01. The Balaban J connectivity index is 2.30. The number of hydrogen-bond donors (Lipinski definition) is 1. The number of nitriles is 1. The Morgan fingerprint density at radius 1 is 1.24 bits per heavy atom. The van der Waals surface area contributed by atoms with Crippen molar-refractivity contribution in [2.24, 2.45) is 0 Å². The second-order valence-corrected chi connectivity index (χ2v) is 6.86. The van der Waals surface area contributed by atoms with Gasteiger partial charge in [-0.15, -0.1) is 11.6 Å². The minimum absolute atomic E-state index is 0.109. The van der Waals surface area contributed by atoms with Crippen molar-refractivity contribution in [2.45, 2.75) is 25.7 Å². The van der Waals surface area contributed by atoms with Crippen LogP contribution in [0.25, 0.3) is 0 Å². The smallest absolute Gasteiger partial charge is 0.224 e. The molecule has 0 radical (unpaired) electrons. The summed E-state index contributed by atoms with van der Waals surface area (Å²) in [5.41, 5.74) is 2.99. The van der Waals surface area contributed by atoms with E-state index in [0.717, 1.165) is 11.1 Å². The van der Waals surface area contributed by atoms with E-state index in [2.05, 4.69) is 11.4 Å². The molecular formula is C19H17Cl3N2O. The molecule has 25 heavy (non-hydrogen) atoms. The first-order chi connectivity index (χ1) is 12.0. The van der Waals surface area contributed by atoms with Crippen molar-refractivity contribution < 1.29 is 4.79 Å². The van der Waals surface area contributed by atoms with Crippen molar-refractivity contribution in [1.82, 2.24) is 0 Å². The molecule has 0 saturated heterocycles. The van der Waals surface area contributed by atoms with Crippen LogP contribution in [-0.2, 0) is 4.79 Å². The third kappa shape index (κ3) is 5.12. The molecule has 3 nitrogen and oxygen atoms in total. The van der Waals surface area contributed by atoms with Crippen LogP contribution in [0, 0.1) is 18.3 Å². The Morgan fingerprint density at radius 2 is 1.92 bits per heavy atom. The second kappa shape index (κ2) is 9.10. The highest BCUT2D eigenvalue weighted by atomic mass is 35.5. The van der Waals surface area contributed by atoms with Gasteiger partial charge >= 0.3 is 0 Å². The van der Waals surface area contributed by atoms with Crippen LogP contribution in [0.3, 0.4) is 0 Å². The largest absolute Gasteiger partial charge is 0.326 e. The first kappa shape index (κ1) is 19.6. The van der Waals surface area contributed by atoms with Crippen LogP contribution in [0.2, 0.25) is 10.0 Å². The quantitative estimate of drug-likeness (QED) is 0.618. The number of amides is 1. The third-order valence-corrected chi connectivity index (χ3v) is 4.65. The lowest BCUT2D eigenvalue weighted by Crippen LogP contribution is -2.13. The zero-order valence-corrected chi connectivity index (χ0v) is 15.9. The second-order valence-electron chi connectivity index (χ2n) is 5.64. The molecule has 1 N–H and O–H groups in total. The van der Waals surface area contributed by atoms with Gasteiger partial charge in [0, 0.05) is 28.0 Å². The minimum Gasteiger partial charge on any atom is -0.326 e. The lowest BCUT2D eigenvalue weighted by Gasteiger charge is -2.16. The zero-order valence-electron chi connectivity index (χ0n) is 13.7. The van der Waals surface area contributed by atoms with Crippen LogP contribution in [0.5, 0.6) is 0 Å². The minimum atomic E-state index is -0.510. The number of rotatable bonds is 6. The van der Waals surface area contributed by atoms with Gasteiger partial charge in [0.15, 0.2) is 0 Å². The number of alkyl halides is 1. The SMILES string of the molecule is Cc1cc([C@@H](C#N)c2ccc(Cl)cc2)c(Cl)cc1NC(=O)CCCCl. The Hall–Kier alpha value is -1.73. The van der Waals surface area contributed by atoms with Gasteiger partial charge in [0.25, 0.3) is 0 Å². The predicted molar refractivity (Wildman–Crippen MR) is 104 cm³/mol. The maximum absolute atomic E-state index is 11.9. The van der Waals surface area contributed by atoms with E-state index in [1.165, 1.54) is 0 Å². The Bertz CT molecular complexity index is 798. The summed E-state index contributed by atoms with van der Waals surface area (Å²) in [6.45, 7) is 1.87. The van der Waals surface area contributed by atoms with Gasteiger partial charge in [0.2, 0.25) is 5.91 Å². The Morgan fingerprint density at radius 3 is 2.52 bits per heavy atom. The number of aryl methyl sites for hydroxylation is 1. The van der Waals surface area contributed by atoms with E-state index in [1.54, 1.807) is 18.2 Å². The molecule has 2 aromatic rings. The van der Waals surface area contributed by atoms with E-state index in [0.29, 0.717) is 40.0 Å². The molecule has 0 aliphatic carbocycles. The molecule has 130 valence electrons. The summed E-state index contributed by atoms with van der Waals surface area (Å²) in [5.74, 6) is -0.177. The van der Waals surface area contributed by atoms with Crippen molar-refractivity contribution in [3.8, 4) is 6.07 Å². The number of benzene rings is 2. The average Bonchev–Trinajstić information content (AvgIpc) is 2.59. The molecule has 2 rings (SSSR count). The summed E-state index contributed by atoms with van der Waals surface area (Å²) < 4.78 is 0. The standard InChI is InChI=1S/C19H17Cl3N2O/c1-12-9-15(16(11-23)13-4-6-14(21)7-5-13)17(22)10-18(12)24-19(25)3-2-8-20/h4-7,9-10,16H,2-3,8H2,1H3,(H,24,25)/t16-/m0/s1. The van der Waals surface area contributed by atoms with Crippen LogP contribution in [-0.4, -0.2) is 11.8 Å². The van der Waals surface area contributed by atoms with E-state index in [9.17, 15) is 10.1 Å². The van der Waals surface area contributed by atoms with Crippen molar-refractivity contribution in [3.05, 3.63) is 63.1 Å². The van der Waals surface area contributed by atoms with Gasteiger partial charge in [-0.2, -0.15) is 5.26 Å². The molecule has 0 bridgehead atoms. The van der Waals surface area contributed by atoms with Gasteiger partial charge in [-0.1, -0.05) is 41.4 Å². The lowest BCUT2D eigenvalue weighted by atomic mass is 9.91. The molecule has 0 unspecified atom stereocenters. The number of carbonyl (C=O) groups is 1. The summed E-state index contributed by atoms with van der Waals surface area (Å²) in [7, 11) is 0. The van der Waals surface area contributed by atoms with Crippen molar-refractivity contribution >= 4 is 46.4 Å². The Labute approximate surface area is 162 Å². The van der Waals surface area contributed by atoms with Gasteiger partial charge in [0.1, 0.15) is 0 Å². The maximum Gasteiger partial charge on any atom is 0.224 e. The highest BCUT2D eigenvalue weighted by Crippen LogP contribution is 2.34. The first-order valence-corrected chi connectivity index (χ1v) is 9.06. The van der Waals surface area contributed by atoms with E-state index in [4.69, 9.17) is 34.8 Å². The van der Waals surface area contributed by atoms with E-state index < -0.39 is 5.92 Å². The van der Waals surface area contributed by atoms with Crippen LogP contribution < -0.4 is 5.32 Å². The molecule has 0 spiro atoms. The van der Waals surface area contributed by atoms with Gasteiger partial charge in [0.05, 0.1) is 12.0 Å². The van der Waals surface area contributed by atoms with Gasteiger partial charge < -0.3 is 5.32 Å². The van der Waals surface area contributed by atoms with Gasteiger partial charge in [-0.3, -0.25) is 4.79 Å². The summed E-state index contributed by atoms with van der Waals surface area (Å²) in [5, 5.41) is 13.5. The summed E-state index contributed by atoms with van der Waals surface area (Å²) in [6.07, 6.45) is 0.971. The molecule has 0 aliphatic rings. The number of anilines is 1. The topological polar surface area (TPSA) is 52.9 Å². The van der Waals surface area contributed by atoms with Crippen LogP contribution in [0.1, 0.15) is 35.4 Å². The number of halogens is 3. The molecule has 0 heterocycles. The fourth-order valence-electron chi connectivity index (χ4n) is 2.48. The van der Waals surface area contributed by atoms with Crippen LogP contribution in [0.4, 0.5) is 5.69 Å². The van der Waals surface area contributed by atoms with E-state index >= 15 is 0 Å².